The highest BCUT2D eigenvalue weighted by molar-refractivity contribution is 5.78. The Hall–Kier alpha value is -1.10. The van der Waals surface area contributed by atoms with Gasteiger partial charge in [-0.25, -0.2) is 0 Å². The molecule has 0 spiro atoms. The molecule has 2 N–H and O–H groups in total. The molecule has 5 nitrogen and oxygen atoms in total. The van der Waals surface area contributed by atoms with Gasteiger partial charge >= 0.3 is 11.9 Å². The third kappa shape index (κ3) is 3.87. The maximum absolute atomic E-state index is 11.5. The average molecular weight is 218 g/mol. The number of carboxylic acid groups (broad SMARTS) is 1. The molecular weight excluding hydrogens is 200 g/mol. The Kier molecular flexibility index (Phi) is 5.28. The van der Waals surface area contributed by atoms with E-state index < -0.39 is 30.1 Å². The topological polar surface area (TPSA) is 83.8 Å². The van der Waals surface area contributed by atoms with E-state index in [1.54, 1.807) is 20.8 Å². The maximum atomic E-state index is 11.5. The van der Waals surface area contributed by atoms with Crippen molar-refractivity contribution in [1.29, 1.82) is 0 Å². The van der Waals surface area contributed by atoms with Gasteiger partial charge in [0.1, 0.15) is 0 Å². The highest BCUT2D eigenvalue weighted by Gasteiger charge is 2.36. The quantitative estimate of drug-likeness (QED) is 0.513. The SMILES string of the molecule is CCC(C)(CC(C)C(=O)O)C(=O)OCO. The second-order valence-electron chi connectivity index (χ2n) is 3.92. The van der Waals surface area contributed by atoms with Crippen molar-refractivity contribution in [2.75, 3.05) is 6.79 Å². The molecule has 0 aromatic carbocycles. The van der Waals surface area contributed by atoms with Crippen LogP contribution in [-0.4, -0.2) is 28.9 Å². The lowest BCUT2D eigenvalue weighted by atomic mass is 9.79. The summed E-state index contributed by atoms with van der Waals surface area (Å²) in [7, 11) is 0. The summed E-state index contributed by atoms with van der Waals surface area (Å²) in [5.74, 6) is -2.10. The summed E-state index contributed by atoms with van der Waals surface area (Å²) < 4.78 is 4.50. The van der Waals surface area contributed by atoms with Gasteiger partial charge < -0.3 is 14.9 Å². The molecular formula is C10H18O5. The van der Waals surface area contributed by atoms with Gasteiger partial charge in [0, 0.05) is 0 Å². The van der Waals surface area contributed by atoms with Gasteiger partial charge in [-0.15, -0.1) is 0 Å². The van der Waals surface area contributed by atoms with Gasteiger partial charge in [-0.3, -0.25) is 9.59 Å². The second-order valence-corrected chi connectivity index (χ2v) is 3.92. The van der Waals surface area contributed by atoms with Crippen LogP contribution in [-0.2, 0) is 14.3 Å². The van der Waals surface area contributed by atoms with Crippen molar-refractivity contribution in [1.82, 2.24) is 0 Å². The molecule has 88 valence electrons. The fraction of sp³-hybridized carbons (Fsp3) is 0.800. The summed E-state index contributed by atoms with van der Waals surface area (Å²) in [6.45, 7) is 4.30. The molecule has 2 unspecified atom stereocenters. The van der Waals surface area contributed by atoms with Crippen LogP contribution >= 0.6 is 0 Å². The van der Waals surface area contributed by atoms with Crippen molar-refractivity contribution in [3.8, 4) is 0 Å². The molecule has 0 radical (unpaired) electrons. The van der Waals surface area contributed by atoms with Gasteiger partial charge in [0.25, 0.3) is 0 Å². The second kappa shape index (κ2) is 5.70. The zero-order chi connectivity index (χ0) is 12.1. The third-order valence-electron chi connectivity index (χ3n) is 2.65. The summed E-state index contributed by atoms with van der Waals surface area (Å²) in [5, 5.41) is 17.2. The van der Waals surface area contributed by atoms with Crippen molar-refractivity contribution in [3.05, 3.63) is 0 Å². The van der Waals surface area contributed by atoms with Gasteiger partial charge in [0.05, 0.1) is 11.3 Å². The molecule has 2 atom stereocenters. The summed E-state index contributed by atoms with van der Waals surface area (Å²) >= 11 is 0. The summed E-state index contributed by atoms with van der Waals surface area (Å²) in [4.78, 5) is 22.2. The molecule has 0 aromatic rings. The van der Waals surface area contributed by atoms with Crippen molar-refractivity contribution >= 4 is 11.9 Å². The highest BCUT2D eigenvalue weighted by Crippen LogP contribution is 2.31. The van der Waals surface area contributed by atoms with Gasteiger partial charge in [-0.05, 0) is 19.8 Å². The molecule has 0 rings (SSSR count). The molecule has 0 heterocycles. The molecule has 0 saturated heterocycles. The lowest BCUT2D eigenvalue weighted by Gasteiger charge is -2.26. The van der Waals surface area contributed by atoms with Crippen LogP contribution in [0.15, 0.2) is 0 Å². The Morgan fingerprint density at radius 1 is 1.47 bits per heavy atom. The van der Waals surface area contributed by atoms with Crippen LogP contribution in [0.2, 0.25) is 0 Å². The molecule has 0 bridgehead atoms. The Labute approximate surface area is 89.0 Å². The molecule has 0 aliphatic carbocycles. The smallest absolute Gasteiger partial charge is 0.313 e. The summed E-state index contributed by atoms with van der Waals surface area (Å²) in [6.07, 6.45) is 0.682. The molecule has 5 heteroatoms. The molecule has 0 aliphatic heterocycles. The number of carboxylic acids is 1. The summed E-state index contributed by atoms with van der Waals surface area (Å²) in [5.41, 5.74) is -0.847. The fourth-order valence-electron chi connectivity index (χ4n) is 1.37. The Morgan fingerprint density at radius 2 is 2.00 bits per heavy atom. The standard InChI is InChI=1S/C10H18O5/c1-4-10(3,9(14)15-6-11)5-7(2)8(12)13/h7,11H,4-6H2,1-3H3,(H,12,13). The normalized spacial score (nSPS) is 16.5. The van der Waals surface area contributed by atoms with Gasteiger partial charge in [0.2, 0.25) is 0 Å². The number of carbonyl (C=O) groups is 2. The minimum Gasteiger partial charge on any atom is -0.481 e. The minimum atomic E-state index is -0.938. The van der Waals surface area contributed by atoms with Crippen LogP contribution in [0.5, 0.6) is 0 Å². The number of carbonyl (C=O) groups excluding carboxylic acids is 1. The van der Waals surface area contributed by atoms with Crippen molar-refractivity contribution < 1.29 is 24.5 Å². The van der Waals surface area contributed by atoms with E-state index in [2.05, 4.69) is 4.74 Å². The molecule has 0 fully saturated rings. The van der Waals surface area contributed by atoms with E-state index in [1.807, 2.05) is 0 Å². The van der Waals surface area contributed by atoms with Crippen LogP contribution < -0.4 is 0 Å². The van der Waals surface area contributed by atoms with Crippen LogP contribution in [0.3, 0.4) is 0 Å². The molecule has 15 heavy (non-hydrogen) atoms. The van der Waals surface area contributed by atoms with Crippen LogP contribution in [0, 0.1) is 11.3 Å². The average Bonchev–Trinajstić information content (AvgIpc) is 2.17. The van der Waals surface area contributed by atoms with Gasteiger partial charge in [-0.2, -0.15) is 0 Å². The zero-order valence-electron chi connectivity index (χ0n) is 9.32. The van der Waals surface area contributed by atoms with Crippen molar-refractivity contribution in [2.45, 2.75) is 33.6 Å². The summed E-state index contributed by atoms with van der Waals surface area (Å²) in [6, 6.07) is 0. The molecule has 0 saturated carbocycles. The van der Waals surface area contributed by atoms with Crippen molar-refractivity contribution in [2.24, 2.45) is 11.3 Å². The number of hydrogen-bond donors (Lipinski definition) is 2. The number of hydrogen-bond acceptors (Lipinski definition) is 4. The first-order valence-corrected chi connectivity index (χ1v) is 4.88. The Morgan fingerprint density at radius 3 is 2.33 bits per heavy atom. The number of aliphatic hydroxyl groups excluding tert-OH is 1. The number of esters is 1. The molecule has 0 aliphatic rings. The maximum Gasteiger partial charge on any atom is 0.313 e. The van der Waals surface area contributed by atoms with E-state index in [-0.39, 0.29) is 6.42 Å². The van der Waals surface area contributed by atoms with Crippen molar-refractivity contribution in [3.63, 3.8) is 0 Å². The molecule has 0 aromatic heterocycles. The van der Waals surface area contributed by atoms with E-state index in [9.17, 15) is 9.59 Å². The van der Waals surface area contributed by atoms with Crippen LogP contribution in [0.1, 0.15) is 33.6 Å². The molecule has 0 amide bonds. The lowest BCUT2D eigenvalue weighted by molar-refractivity contribution is -0.165. The Bertz CT molecular complexity index is 238. The van der Waals surface area contributed by atoms with Gasteiger partial charge in [0.15, 0.2) is 6.79 Å². The fourth-order valence-corrected chi connectivity index (χ4v) is 1.37. The van der Waals surface area contributed by atoms with Gasteiger partial charge in [-0.1, -0.05) is 13.8 Å². The minimum absolute atomic E-state index is 0.206. The first-order valence-electron chi connectivity index (χ1n) is 4.88. The highest BCUT2D eigenvalue weighted by atomic mass is 16.6. The zero-order valence-corrected chi connectivity index (χ0v) is 9.32. The predicted molar refractivity (Wildman–Crippen MR) is 53.0 cm³/mol. The largest absolute Gasteiger partial charge is 0.481 e. The first-order chi connectivity index (χ1) is 6.87. The van der Waals surface area contributed by atoms with E-state index >= 15 is 0 Å². The van der Waals surface area contributed by atoms with E-state index in [0.29, 0.717) is 6.42 Å². The van der Waals surface area contributed by atoms with E-state index in [4.69, 9.17) is 10.2 Å². The Balaban J connectivity index is 4.56. The monoisotopic (exact) mass is 218 g/mol. The number of rotatable bonds is 6. The van der Waals surface area contributed by atoms with Crippen LogP contribution in [0.25, 0.3) is 0 Å². The first kappa shape index (κ1) is 13.9. The van der Waals surface area contributed by atoms with Crippen LogP contribution in [0.4, 0.5) is 0 Å². The van der Waals surface area contributed by atoms with E-state index in [0.717, 1.165) is 0 Å². The lowest BCUT2D eigenvalue weighted by Crippen LogP contribution is -2.33. The van der Waals surface area contributed by atoms with E-state index in [1.165, 1.54) is 0 Å². The number of aliphatic hydroxyl groups is 1. The predicted octanol–water partition coefficient (Wildman–Crippen LogP) is 1.01. The number of ether oxygens (including phenoxy) is 1. The number of aliphatic carboxylic acids is 1. The third-order valence-corrected chi connectivity index (χ3v) is 2.65.